The molecule has 0 radical (unpaired) electrons. The zero-order chi connectivity index (χ0) is 28.1. The van der Waals surface area contributed by atoms with E-state index in [2.05, 4.69) is 57.0 Å². The standard InChI is InChI=1S/C28H25BrClN3O6/c1-16-4-5-17(2)33(16)21-6-8-22(9-7-21)37-15-23-10-11-25(39-23)27(34)32-31-14-19-12-20(30)13-24(29)26(19)38-18(3)28(35)36/h4-14,18H,15H2,1-3H3,(H,32,34)(H,35,36)/b31-14+/t18-/m0/s1. The number of aryl methyl sites for hydroxylation is 2. The van der Waals surface area contributed by atoms with Crippen LogP contribution in [-0.4, -0.2) is 33.9 Å². The molecule has 0 aliphatic carbocycles. The first kappa shape index (κ1) is 28.0. The Hall–Kier alpha value is -4.02. The van der Waals surface area contributed by atoms with Crippen LogP contribution in [0.25, 0.3) is 5.69 Å². The van der Waals surface area contributed by atoms with Gasteiger partial charge in [0.2, 0.25) is 0 Å². The van der Waals surface area contributed by atoms with Gasteiger partial charge >= 0.3 is 11.9 Å². The van der Waals surface area contributed by atoms with Gasteiger partial charge in [0.15, 0.2) is 11.9 Å². The largest absolute Gasteiger partial charge is 0.486 e. The van der Waals surface area contributed by atoms with E-state index in [9.17, 15) is 9.59 Å². The first-order chi connectivity index (χ1) is 18.6. The molecule has 39 heavy (non-hydrogen) atoms. The second-order valence-electron chi connectivity index (χ2n) is 8.60. The highest BCUT2D eigenvalue weighted by Gasteiger charge is 2.18. The van der Waals surface area contributed by atoms with Crippen LogP contribution in [0.1, 0.15) is 40.2 Å². The maximum Gasteiger partial charge on any atom is 0.344 e. The summed E-state index contributed by atoms with van der Waals surface area (Å²) in [5, 5.41) is 13.4. The third-order valence-electron chi connectivity index (χ3n) is 5.68. The van der Waals surface area contributed by atoms with Gasteiger partial charge in [0.1, 0.15) is 23.9 Å². The fourth-order valence-electron chi connectivity index (χ4n) is 3.74. The molecule has 2 N–H and O–H groups in total. The number of benzene rings is 2. The maximum absolute atomic E-state index is 12.5. The SMILES string of the molecule is Cc1ccc(C)n1-c1ccc(OCc2ccc(C(=O)N/N=C/c3cc(Cl)cc(Br)c3O[C@@H](C)C(=O)O)o2)cc1. The Kier molecular flexibility index (Phi) is 8.78. The molecule has 4 aromatic rings. The second kappa shape index (κ2) is 12.2. The van der Waals surface area contributed by atoms with Gasteiger partial charge in [-0.15, -0.1) is 0 Å². The summed E-state index contributed by atoms with van der Waals surface area (Å²) in [6, 6.07) is 18.1. The van der Waals surface area contributed by atoms with E-state index in [4.69, 9.17) is 30.6 Å². The van der Waals surface area contributed by atoms with E-state index in [1.165, 1.54) is 25.3 Å². The lowest BCUT2D eigenvalue weighted by molar-refractivity contribution is -0.144. The number of nitrogens with zero attached hydrogens (tertiary/aromatic N) is 2. The lowest BCUT2D eigenvalue weighted by Gasteiger charge is -2.14. The number of hydrazone groups is 1. The number of aromatic nitrogens is 1. The van der Waals surface area contributed by atoms with Crippen molar-refractivity contribution in [2.24, 2.45) is 5.10 Å². The summed E-state index contributed by atoms with van der Waals surface area (Å²) < 4.78 is 19.5. The molecule has 1 atom stereocenters. The number of carbonyl (C=O) groups excluding carboxylic acids is 1. The van der Waals surface area contributed by atoms with Crippen molar-refractivity contribution in [1.82, 2.24) is 9.99 Å². The van der Waals surface area contributed by atoms with Gasteiger partial charge in [0.05, 0.1) is 10.7 Å². The van der Waals surface area contributed by atoms with Crippen LogP contribution < -0.4 is 14.9 Å². The molecule has 4 rings (SSSR count). The van der Waals surface area contributed by atoms with Gasteiger partial charge in [-0.05, 0) is 97.4 Å². The molecular weight excluding hydrogens is 590 g/mol. The van der Waals surface area contributed by atoms with Gasteiger partial charge in [0.25, 0.3) is 0 Å². The lowest BCUT2D eigenvalue weighted by Crippen LogP contribution is -2.23. The topological polar surface area (TPSA) is 115 Å². The average molecular weight is 615 g/mol. The second-order valence-corrected chi connectivity index (χ2v) is 9.89. The van der Waals surface area contributed by atoms with Crippen LogP contribution in [0.4, 0.5) is 0 Å². The first-order valence-corrected chi connectivity index (χ1v) is 13.0. The number of furan rings is 1. The fourth-order valence-corrected chi connectivity index (χ4v) is 4.67. The van der Waals surface area contributed by atoms with E-state index in [1.807, 2.05) is 24.3 Å². The summed E-state index contributed by atoms with van der Waals surface area (Å²) in [6.07, 6.45) is 0.185. The van der Waals surface area contributed by atoms with Gasteiger partial charge in [-0.25, -0.2) is 10.2 Å². The van der Waals surface area contributed by atoms with Crippen LogP contribution in [0.15, 0.2) is 74.7 Å². The molecule has 0 bridgehead atoms. The molecule has 11 heteroatoms. The van der Waals surface area contributed by atoms with Crippen LogP contribution in [0.3, 0.4) is 0 Å². The Morgan fingerprint density at radius 3 is 2.49 bits per heavy atom. The molecule has 0 fully saturated rings. The number of halogens is 2. The highest BCUT2D eigenvalue weighted by atomic mass is 79.9. The number of aliphatic carboxylic acids is 1. The van der Waals surface area contributed by atoms with Gasteiger partial charge in [-0.2, -0.15) is 5.10 Å². The predicted molar refractivity (Wildman–Crippen MR) is 150 cm³/mol. The molecule has 0 saturated heterocycles. The Balaban J connectivity index is 1.35. The van der Waals surface area contributed by atoms with E-state index < -0.39 is 18.0 Å². The van der Waals surface area contributed by atoms with Crippen molar-refractivity contribution in [2.75, 3.05) is 0 Å². The Bertz CT molecular complexity index is 1510. The zero-order valence-electron chi connectivity index (χ0n) is 21.3. The molecule has 0 saturated carbocycles. The molecule has 2 aromatic heterocycles. The molecule has 202 valence electrons. The van der Waals surface area contributed by atoms with Crippen LogP contribution in [0.2, 0.25) is 5.02 Å². The summed E-state index contributed by atoms with van der Waals surface area (Å²) in [4.78, 5) is 23.7. The lowest BCUT2D eigenvalue weighted by atomic mass is 10.2. The highest BCUT2D eigenvalue weighted by molar-refractivity contribution is 9.10. The minimum Gasteiger partial charge on any atom is -0.486 e. The predicted octanol–water partition coefficient (Wildman–Crippen LogP) is 6.30. The molecule has 0 aliphatic heterocycles. The average Bonchev–Trinajstić information content (AvgIpc) is 3.51. The van der Waals surface area contributed by atoms with E-state index in [0.717, 1.165) is 17.1 Å². The van der Waals surface area contributed by atoms with Crippen molar-refractivity contribution in [3.05, 3.63) is 98.6 Å². The number of rotatable bonds is 10. The van der Waals surface area contributed by atoms with Gasteiger partial charge in [0, 0.05) is 27.7 Å². The van der Waals surface area contributed by atoms with Crippen LogP contribution in [-0.2, 0) is 11.4 Å². The van der Waals surface area contributed by atoms with E-state index >= 15 is 0 Å². The van der Waals surface area contributed by atoms with Crippen LogP contribution in [0.5, 0.6) is 11.5 Å². The number of amides is 1. The first-order valence-electron chi connectivity index (χ1n) is 11.8. The number of nitrogens with one attached hydrogen (secondary N) is 1. The Morgan fingerprint density at radius 2 is 1.82 bits per heavy atom. The molecule has 0 spiro atoms. The quantitative estimate of drug-likeness (QED) is 0.160. The number of hydrogen-bond acceptors (Lipinski definition) is 6. The van der Waals surface area contributed by atoms with E-state index in [-0.39, 0.29) is 18.1 Å². The number of carbonyl (C=O) groups is 2. The van der Waals surface area contributed by atoms with Crippen molar-refractivity contribution >= 4 is 45.6 Å². The molecular formula is C28H25BrClN3O6. The number of carboxylic acids is 1. The van der Waals surface area contributed by atoms with E-state index in [1.54, 1.807) is 12.1 Å². The third-order valence-corrected chi connectivity index (χ3v) is 6.49. The van der Waals surface area contributed by atoms with Crippen molar-refractivity contribution in [3.63, 3.8) is 0 Å². The van der Waals surface area contributed by atoms with Gasteiger partial charge < -0.3 is 23.6 Å². The Labute approximate surface area is 238 Å². The summed E-state index contributed by atoms with van der Waals surface area (Å²) in [7, 11) is 0. The zero-order valence-corrected chi connectivity index (χ0v) is 23.6. The van der Waals surface area contributed by atoms with Crippen molar-refractivity contribution in [1.29, 1.82) is 0 Å². The molecule has 1 amide bonds. The number of hydrogen-bond donors (Lipinski definition) is 2. The van der Waals surface area contributed by atoms with Crippen LogP contribution >= 0.6 is 27.5 Å². The third kappa shape index (κ3) is 6.90. The fraction of sp³-hybridized carbons (Fsp3) is 0.179. The molecule has 2 heterocycles. The minimum absolute atomic E-state index is 0.0444. The summed E-state index contributed by atoms with van der Waals surface area (Å²) in [5.74, 6) is -0.329. The maximum atomic E-state index is 12.5. The number of ether oxygens (including phenoxy) is 2. The smallest absolute Gasteiger partial charge is 0.344 e. The van der Waals surface area contributed by atoms with Crippen molar-refractivity contribution < 1.29 is 28.6 Å². The molecule has 0 aliphatic rings. The minimum atomic E-state index is -1.13. The van der Waals surface area contributed by atoms with Crippen molar-refractivity contribution in [3.8, 4) is 17.2 Å². The Morgan fingerprint density at radius 1 is 1.13 bits per heavy atom. The summed E-state index contributed by atoms with van der Waals surface area (Å²) >= 11 is 9.41. The van der Waals surface area contributed by atoms with Gasteiger partial charge in [-0.3, -0.25) is 4.79 Å². The summed E-state index contributed by atoms with van der Waals surface area (Å²) in [5.41, 5.74) is 6.07. The summed E-state index contributed by atoms with van der Waals surface area (Å²) in [6.45, 7) is 5.64. The molecule has 2 aromatic carbocycles. The monoisotopic (exact) mass is 613 g/mol. The van der Waals surface area contributed by atoms with Crippen molar-refractivity contribution in [2.45, 2.75) is 33.5 Å². The normalized spacial score (nSPS) is 11.9. The molecule has 0 unspecified atom stereocenters. The van der Waals surface area contributed by atoms with Crippen LogP contribution in [0, 0.1) is 13.8 Å². The molecule has 9 nitrogen and oxygen atoms in total. The van der Waals surface area contributed by atoms with Gasteiger partial charge in [-0.1, -0.05) is 11.6 Å². The van der Waals surface area contributed by atoms with E-state index in [0.29, 0.717) is 26.6 Å². The number of carboxylic acid groups (broad SMARTS) is 1. The highest BCUT2D eigenvalue weighted by Crippen LogP contribution is 2.32.